The average molecular weight is 391 g/mol. The molecular weight excluding hydrogens is 372 g/mol. The summed E-state index contributed by atoms with van der Waals surface area (Å²) in [6.45, 7) is 0. The first-order valence-electron chi connectivity index (χ1n) is 8.12. The zero-order chi connectivity index (χ0) is 18.4. The molecule has 1 aliphatic heterocycles. The van der Waals surface area contributed by atoms with Crippen LogP contribution < -0.4 is 21.5 Å². The molecule has 2 amide bonds. The number of rotatable bonds is 6. The van der Waals surface area contributed by atoms with E-state index in [-0.39, 0.29) is 29.1 Å². The fraction of sp³-hybridized carbons (Fsp3) is 0.222. The summed E-state index contributed by atoms with van der Waals surface area (Å²) >= 11 is 7.11. The minimum Gasteiger partial charge on any atom is -0.329 e. The van der Waals surface area contributed by atoms with Crippen molar-refractivity contribution in [3.05, 3.63) is 65.2 Å². The standard InChI is InChI=1S/C18H19ClN4O2S/c19-13-6-8-14(9-7-13)20-16(24)11-26-18-21-17(25)15(22-23-18)10-12-4-2-1-3-5-12/h1-9,15,18,22-23H,10-11H2,(H,20,24)(H,21,25). The number of hydrogen-bond donors (Lipinski definition) is 4. The number of nitrogens with one attached hydrogen (secondary N) is 4. The quantitative estimate of drug-likeness (QED) is 0.607. The van der Waals surface area contributed by atoms with Crippen molar-refractivity contribution in [1.29, 1.82) is 0 Å². The average Bonchev–Trinajstić information content (AvgIpc) is 2.65. The molecular formula is C18H19ClN4O2S. The van der Waals surface area contributed by atoms with Crippen LogP contribution >= 0.6 is 23.4 Å². The van der Waals surface area contributed by atoms with Crippen LogP contribution in [-0.4, -0.2) is 29.1 Å². The van der Waals surface area contributed by atoms with Gasteiger partial charge >= 0.3 is 0 Å². The summed E-state index contributed by atoms with van der Waals surface area (Å²) in [6.07, 6.45) is 0.591. The molecule has 1 fully saturated rings. The molecule has 2 atom stereocenters. The topological polar surface area (TPSA) is 82.3 Å². The van der Waals surface area contributed by atoms with Gasteiger partial charge in [0.2, 0.25) is 11.8 Å². The maximum absolute atomic E-state index is 12.2. The van der Waals surface area contributed by atoms with Crippen LogP contribution in [0.5, 0.6) is 0 Å². The van der Waals surface area contributed by atoms with E-state index >= 15 is 0 Å². The number of hydrazine groups is 1. The molecule has 0 radical (unpaired) electrons. The summed E-state index contributed by atoms with van der Waals surface area (Å²) in [4.78, 5) is 24.2. The van der Waals surface area contributed by atoms with E-state index in [0.29, 0.717) is 17.1 Å². The van der Waals surface area contributed by atoms with Crippen LogP contribution in [0.1, 0.15) is 5.56 Å². The second kappa shape index (κ2) is 9.05. The van der Waals surface area contributed by atoms with Gasteiger partial charge in [-0.3, -0.25) is 9.59 Å². The van der Waals surface area contributed by atoms with Crippen LogP contribution in [0, 0.1) is 0 Å². The van der Waals surface area contributed by atoms with Crippen molar-refractivity contribution in [3.8, 4) is 0 Å². The molecule has 2 aromatic carbocycles. The molecule has 2 aromatic rings. The van der Waals surface area contributed by atoms with Gasteiger partial charge in [0.15, 0.2) is 0 Å². The van der Waals surface area contributed by atoms with Crippen molar-refractivity contribution in [2.75, 3.05) is 11.1 Å². The zero-order valence-electron chi connectivity index (χ0n) is 13.9. The molecule has 3 rings (SSSR count). The lowest BCUT2D eigenvalue weighted by Gasteiger charge is -2.31. The predicted molar refractivity (Wildman–Crippen MR) is 105 cm³/mol. The summed E-state index contributed by atoms with van der Waals surface area (Å²) in [5, 5.41) is 6.26. The lowest BCUT2D eigenvalue weighted by atomic mass is 10.1. The van der Waals surface area contributed by atoms with Crippen molar-refractivity contribution in [3.63, 3.8) is 0 Å². The Morgan fingerprint density at radius 3 is 2.50 bits per heavy atom. The third kappa shape index (κ3) is 5.47. The van der Waals surface area contributed by atoms with Crippen LogP contribution in [0.4, 0.5) is 5.69 Å². The highest BCUT2D eigenvalue weighted by Crippen LogP contribution is 2.15. The summed E-state index contributed by atoms with van der Waals surface area (Å²) < 4.78 is 0. The van der Waals surface area contributed by atoms with Crippen molar-refractivity contribution < 1.29 is 9.59 Å². The number of amides is 2. The highest BCUT2D eigenvalue weighted by molar-refractivity contribution is 8.00. The molecule has 0 saturated carbocycles. The van der Waals surface area contributed by atoms with Gasteiger partial charge in [0.25, 0.3) is 0 Å². The largest absolute Gasteiger partial charge is 0.329 e. The molecule has 8 heteroatoms. The smallest absolute Gasteiger partial charge is 0.240 e. The van der Waals surface area contributed by atoms with Crippen LogP contribution in [0.15, 0.2) is 54.6 Å². The van der Waals surface area contributed by atoms with Crippen LogP contribution in [0.25, 0.3) is 0 Å². The van der Waals surface area contributed by atoms with Gasteiger partial charge in [0.1, 0.15) is 11.5 Å². The maximum Gasteiger partial charge on any atom is 0.240 e. The Hall–Kier alpha value is -2.06. The Labute approximate surface area is 161 Å². The molecule has 26 heavy (non-hydrogen) atoms. The Morgan fingerprint density at radius 2 is 1.81 bits per heavy atom. The van der Waals surface area contributed by atoms with E-state index in [2.05, 4.69) is 21.5 Å². The van der Waals surface area contributed by atoms with E-state index in [1.54, 1.807) is 24.3 Å². The van der Waals surface area contributed by atoms with Crippen LogP contribution in [0.3, 0.4) is 0 Å². The molecule has 4 N–H and O–H groups in total. The number of halogens is 1. The first-order valence-corrected chi connectivity index (χ1v) is 9.55. The first kappa shape index (κ1) is 18.7. The van der Waals surface area contributed by atoms with Gasteiger partial charge in [-0.1, -0.05) is 41.9 Å². The second-order valence-electron chi connectivity index (χ2n) is 5.79. The van der Waals surface area contributed by atoms with E-state index in [0.717, 1.165) is 5.56 Å². The van der Waals surface area contributed by atoms with Gasteiger partial charge in [0.05, 0.1) is 5.75 Å². The van der Waals surface area contributed by atoms with Gasteiger partial charge in [-0.15, -0.1) is 11.8 Å². The molecule has 1 heterocycles. The molecule has 1 saturated heterocycles. The van der Waals surface area contributed by atoms with E-state index in [1.165, 1.54) is 11.8 Å². The Bertz CT molecular complexity index is 758. The summed E-state index contributed by atoms with van der Waals surface area (Å²) in [5.74, 6) is -0.0472. The predicted octanol–water partition coefficient (Wildman–Crippen LogP) is 2.13. The molecule has 2 unspecified atom stereocenters. The van der Waals surface area contributed by atoms with Crippen molar-refractivity contribution in [1.82, 2.24) is 16.2 Å². The zero-order valence-corrected chi connectivity index (χ0v) is 15.4. The van der Waals surface area contributed by atoms with Gasteiger partial charge < -0.3 is 10.6 Å². The minimum atomic E-state index is -0.370. The highest BCUT2D eigenvalue weighted by Gasteiger charge is 2.27. The highest BCUT2D eigenvalue weighted by atomic mass is 35.5. The molecule has 136 valence electrons. The Balaban J connectivity index is 1.42. The molecule has 0 spiro atoms. The third-order valence-corrected chi connectivity index (χ3v) is 5.02. The molecule has 0 bridgehead atoms. The van der Waals surface area contributed by atoms with Crippen molar-refractivity contribution >= 4 is 40.9 Å². The number of hydrogen-bond acceptors (Lipinski definition) is 5. The fourth-order valence-corrected chi connectivity index (χ4v) is 3.34. The van der Waals surface area contributed by atoms with E-state index in [1.807, 2.05) is 30.3 Å². The van der Waals surface area contributed by atoms with Gasteiger partial charge in [-0.25, -0.2) is 10.9 Å². The van der Waals surface area contributed by atoms with Gasteiger partial charge in [-0.05, 0) is 36.2 Å². The number of carbonyl (C=O) groups is 2. The Kier molecular flexibility index (Phi) is 6.51. The monoisotopic (exact) mass is 390 g/mol. The van der Waals surface area contributed by atoms with Gasteiger partial charge in [-0.2, -0.15) is 0 Å². The SMILES string of the molecule is O=C(CSC1NNC(Cc2ccccc2)C(=O)N1)Nc1ccc(Cl)cc1. The normalized spacial score (nSPS) is 19.7. The minimum absolute atomic E-state index is 0.0942. The van der Waals surface area contributed by atoms with E-state index in [4.69, 9.17) is 11.6 Å². The fourth-order valence-electron chi connectivity index (χ4n) is 2.47. The van der Waals surface area contributed by atoms with E-state index < -0.39 is 0 Å². The Morgan fingerprint density at radius 1 is 1.08 bits per heavy atom. The lowest BCUT2D eigenvalue weighted by molar-refractivity contribution is -0.125. The number of carbonyl (C=O) groups excluding carboxylic acids is 2. The van der Waals surface area contributed by atoms with Crippen molar-refractivity contribution in [2.24, 2.45) is 0 Å². The summed E-state index contributed by atoms with van der Waals surface area (Å²) in [6, 6.07) is 16.3. The second-order valence-corrected chi connectivity index (χ2v) is 7.32. The number of anilines is 1. The number of thioether (sulfide) groups is 1. The number of benzene rings is 2. The maximum atomic E-state index is 12.2. The van der Waals surface area contributed by atoms with Crippen molar-refractivity contribution in [2.45, 2.75) is 18.0 Å². The lowest BCUT2D eigenvalue weighted by Crippen LogP contribution is -2.64. The molecule has 1 aliphatic rings. The third-order valence-electron chi connectivity index (χ3n) is 3.77. The first-order chi connectivity index (χ1) is 12.6. The van der Waals surface area contributed by atoms with Crippen LogP contribution in [-0.2, 0) is 16.0 Å². The van der Waals surface area contributed by atoms with Gasteiger partial charge in [0, 0.05) is 10.7 Å². The molecule has 6 nitrogen and oxygen atoms in total. The van der Waals surface area contributed by atoms with Crippen LogP contribution in [0.2, 0.25) is 5.02 Å². The molecule has 0 aromatic heterocycles. The molecule has 0 aliphatic carbocycles. The summed E-state index contributed by atoms with van der Waals surface area (Å²) in [5.41, 5.74) is 7.44. The summed E-state index contributed by atoms with van der Waals surface area (Å²) in [7, 11) is 0. The van der Waals surface area contributed by atoms with E-state index in [9.17, 15) is 9.59 Å².